The van der Waals surface area contributed by atoms with Crippen molar-refractivity contribution in [3.05, 3.63) is 31.5 Å². The fourth-order valence-electron chi connectivity index (χ4n) is 1.79. The van der Waals surface area contributed by atoms with E-state index in [1.165, 1.54) is 14.1 Å². The molecule has 1 heterocycles. The molecule has 0 bridgehead atoms. The smallest absolute Gasteiger partial charge is 0.336 e. The summed E-state index contributed by atoms with van der Waals surface area (Å²) < 4.78 is 14.0. The summed E-state index contributed by atoms with van der Waals surface area (Å²) in [5, 5.41) is 0. The van der Waals surface area contributed by atoms with Gasteiger partial charge in [-0.15, -0.1) is 0 Å². The minimum atomic E-state index is -1.33. The number of hydrogen-bond donors (Lipinski definition) is 1. The zero-order valence-corrected chi connectivity index (χ0v) is 12.7. The number of nitrogens with zero attached hydrogens (tertiary/aromatic N) is 3. The van der Waals surface area contributed by atoms with Crippen molar-refractivity contribution < 1.29 is 9.00 Å². The molecule has 2 N–H and O–H groups in total. The van der Waals surface area contributed by atoms with Crippen molar-refractivity contribution in [2.45, 2.75) is 19.4 Å². The minimum Gasteiger partial charge on any atom is -0.369 e. The number of carbonyl (C=O) groups excluding carboxylic acids is 1. The fourth-order valence-corrected chi connectivity index (χ4v) is 2.78. The maximum atomic E-state index is 11.8. The van der Waals surface area contributed by atoms with E-state index in [2.05, 4.69) is 0 Å². The highest BCUT2D eigenvalue weighted by Gasteiger charge is 2.10. The molecule has 0 aliphatic rings. The number of amides is 1. The molecule has 1 aromatic rings. The standard InChI is InChI=1S/C11H18N4O5S/c1-13-9(17)14(2)11(19)15(10(13)18)5-3-4-6-21(20)7-8(12)16/h3-7H2,1-2H3,(H2,12,16). The highest BCUT2D eigenvalue weighted by atomic mass is 32.2. The van der Waals surface area contributed by atoms with Gasteiger partial charge in [-0.25, -0.2) is 28.1 Å². The second kappa shape index (κ2) is 7.16. The van der Waals surface area contributed by atoms with Crippen molar-refractivity contribution in [1.29, 1.82) is 0 Å². The largest absolute Gasteiger partial charge is 0.369 e. The molecule has 0 aliphatic heterocycles. The molecule has 0 saturated heterocycles. The van der Waals surface area contributed by atoms with Crippen LogP contribution in [0.2, 0.25) is 0 Å². The molecule has 0 aliphatic carbocycles. The second-order valence-corrected chi connectivity index (χ2v) is 6.16. The third-order valence-corrected chi connectivity index (χ3v) is 4.27. The lowest BCUT2D eigenvalue weighted by molar-refractivity contribution is -0.115. The minimum absolute atomic E-state index is 0.118. The summed E-state index contributed by atoms with van der Waals surface area (Å²) in [6.45, 7) is 0.118. The quantitative estimate of drug-likeness (QED) is 0.546. The molecule has 0 spiro atoms. The highest BCUT2D eigenvalue weighted by molar-refractivity contribution is 7.85. The van der Waals surface area contributed by atoms with E-state index >= 15 is 0 Å². The van der Waals surface area contributed by atoms with E-state index in [1.807, 2.05) is 0 Å². The molecule has 118 valence electrons. The Labute approximate surface area is 122 Å². The van der Waals surface area contributed by atoms with Crippen LogP contribution in [0.15, 0.2) is 14.4 Å². The Bertz CT molecular complexity index is 689. The molecule has 1 aromatic heterocycles. The first kappa shape index (κ1) is 17.1. The molecule has 21 heavy (non-hydrogen) atoms. The third kappa shape index (κ3) is 4.25. The Morgan fingerprint density at radius 3 is 2.05 bits per heavy atom. The Morgan fingerprint density at radius 2 is 1.57 bits per heavy atom. The molecular weight excluding hydrogens is 300 g/mol. The van der Waals surface area contributed by atoms with Gasteiger partial charge in [0.25, 0.3) is 0 Å². The fraction of sp³-hybridized carbons (Fsp3) is 0.636. The van der Waals surface area contributed by atoms with E-state index in [0.29, 0.717) is 12.8 Å². The average Bonchev–Trinajstić information content (AvgIpc) is 2.41. The van der Waals surface area contributed by atoms with Crippen LogP contribution in [0.3, 0.4) is 0 Å². The van der Waals surface area contributed by atoms with Gasteiger partial charge in [-0.3, -0.25) is 9.00 Å². The van der Waals surface area contributed by atoms with Crippen LogP contribution < -0.4 is 22.8 Å². The van der Waals surface area contributed by atoms with Gasteiger partial charge >= 0.3 is 17.1 Å². The van der Waals surface area contributed by atoms with Crippen LogP contribution in [-0.4, -0.2) is 35.3 Å². The number of aromatic nitrogens is 3. The molecule has 9 nitrogen and oxygen atoms in total. The number of hydrogen-bond acceptors (Lipinski definition) is 5. The molecule has 0 aromatic carbocycles. The summed E-state index contributed by atoms with van der Waals surface area (Å²) in [6.07, 6.45) is 0.899. The normalized spacial score (nSPS) is 12.3. The number of primary amides is 1. The molecular formula is C11H18N4O5S. The van der Waals surface area contributed by atoms with Gasteiger partial charge in [0.15, 0.2) is 0 Å². The SMILES string of the molecule is Cn1c(=O)n(C)c(=O)n(CCCCS(=O)CC(N)=O)c1=O. The van der Waals surface area contributed by atoms with E-state index in [0.717, 1.165) is 13.7 Å². The molecule has 1 rings (SSSR count). The second-order valence-electron chi connectivity index (χ2n) is 4.58. The van der Waals surface area contributed by atoms with Crippen LogP contribution >= 0.6 is 0 Å². The first-order valence-corrected chi connectivity index (χ1v) is 7.74. The monoisotopic (exact) mass is 318 g/mol. The molecule has 1 atom stereocenters. The first-order chi connectivity index (χ1) is 9.75. The van der Waals surface area contributed by atoms with Gasteiger partial charge in [0, 0.05) is 37.2 Å². The Balaban J connectivity index is 2.72. The van der Waals surface area contributed by atoms with Gasteiger partial charge < -0.3 is 5.73 Å². The maximum Gasteiger partial charge on any atom is 0.336 e. The summed E-state index contributed by atoms with van der Waals surface area (Å²) in [4.78, 5) is 45.7. The van der Waals surface area contributed by atoms with Crippen molar-refractivity contribution in [2.75, 3.05) is 11.5 Å². The number of rotatable bonds is 7. The van der Waals surface area contributed by atoms with E-state index in [-0.39, 0.29) is 18.1 Å². The summed E-state index contributed by atoms with van der Waals surface area (Å²) >= 11 is 0. The van der Waals surface area contributed by atoms with E-state index in [9.17, 15) is 23.4 Å². The van der Waals surface area contributed by atoms with Crippen LogP contribution in [0.5, 0.6) is 0 Å². The number of carbonyl (C=O) groups is 1. The van der Waals surface area contributed by atoms with Crippen molar-refractivity contribution in [1.82, 2.24) is 13.7 Å². The Kier molecular flexibility index (Phi) is 5.82. The lowest BCUT2D eigenvalue weighted by Crippen LogP contribution is -2.52. The molecule has 1 amide bonds. The van der Waals surface area contributed by atoms with Crippen molar-refractivity contribution in [2.24, 2.45) is 19.8 Å². The molecule has 0 saturated carbocycles. The predicted octanol–water partition coefficient (Wildman–Crippen LogP) is -2.74. The zero-order valence-electron chi connectivity index (χ0n) is 11.9. The van der Waals surface area contributed by atoms with Crippen LogP contribution in [-0.2, 0) is 36.2 Å². The van der Waals surface area contributed by atoms with Crippen LogP contribution in [0.4, 0.5) is 0 Å². The summed E-state index contributed by atoms with van der Waals surface area (Å²) in [6, 6.07) is 0. The van der Waals surface area contributed by atoms with Crippen molar-refractivity contribution >= 4 is 16.7 Å². The summed E-state index contributed by atoms with van der Waals surface area (Å²) in [7, 11) is 1.26. The lowest BCUT2D eigenvalue weighted by Gasteiger charge is -2.08. The van der Waals surface area contributed by atoms with Crippen LogP contribution in [0, 0.1) is 0 Å². The topological polar surface area (TPSA) is 126 Å². The van der Waals surface area contributed by atoms with Crippen molar-refractivity contribution in [3.8, 4) is 0 Å². The lowest BCUT2D eigenvalue weighted by atomic mass is 10.3. The third-order valence-electron chi connectivity index (χ3n) is 2.92. The van der Waals surface area contributed by atoms with Gasteiger partial charge in [0.05, 0.1) is 0 Å². The number of nitrogens with two attached hydrogens (primary N) is 1. The highest BCUT2D eigenvalue weighted by Crippen LogP contribution is 1.94. The Hall–Kier alpha value is -1.97. The van der Waals surface area contributed by atoms with Crippen LogP contribution in [0.1, 0.15) is 12.8 Å². The Morgan fingerprint density at radius 1 is 1.05 bits per heavy atom. The average molecular weight is 318 g/mol. The first-order valence-electron chi connectivity index (χ1n) is 6.26. The van der Waals surface area contributed by atoms with Gasteiger partial charge in [0.1, 0.15) is 5.75 Å². The molecule has 0 fully saturated rings. The van der Waals surface area contributed by atoms with Crippen LogP contribution in [0.25, 0.3) is 0 Å². The van der Waals surface area contributed by atoms with Crippen molar-refractivity contribution in [3.63, 3.8) is 0 Å². The van der Waals surface area contributed by atoms with Gasteiger partial charge in [-0.1, -0.05) is 0 Å². The van der Waals surface area contributed by atoms with E-state index < -0.39 is 33.8 Å². The molecule has 0 radical (unpaired) electrons. The molecule has 1 unspecified atom stereocenters. The van der Waals surface area contributed by atoms with Gasteiger partial charge in [-0.05, 0) is 12.8 Å². The zero-order chi connectivity index (χ0) is 16.2. The predicted molar refractivity (Wildman–Crippen MR) is 77.5 cm³/mol. The van der Waals surface area contributed by atoms with E-state index in [4.69, 9.17) is 5.73 Å². The number of unbranched alkanes of at least 4 members (excludes halogenated alkanes) is 1. The maximum absolute atomic E-state index is 11.8. The summed E-state index contributed by atoms with van der Waals surface area (Å²) in [5.41, 5.74) is 2.89. The van der Waals surface area contributed by atoms with E-state index in [1.54, 1.807) is 0 Å². The molecule has 10 heteroatoms. The summed E-state index contributed by atoms with van der Waals surface area (Å²) in [5.74, 6) is -0.554. The van der Waals surface area contributed by atoms with Gasteiger partial charge in [-0.2, -0.15) is 0 Å². The van der Waals surface area contributed by atoms with Gasteiger partial charge in [0.2, 0.25) is 5.91 Å².